The van der Waals surface area contributed by atoms with E-state index in [0.29, 0.717) is 103 Å². The van der Waals surface area contributed by atoms with Gasteiger partial charge in [0.05, 0.1) is 45.7 Å². The van der Waals surface area contributed by atoms with Gasteiger partial charge in [0, 0.05) is 100 Å². The highest BCUT2D eigenvalue weighted by Crippen LogP contribution is 2.40. The van der Waals surface area contributed by atoms with Crippen LogP contribution < -0.4 is 25.6 Å². The van der Waals surface area contributed by atoms with Crippen molar-refractivity contribution in [2.45, 2.75) is 127 Å². The maximum atomic E-state index is 14.0. The highest BCUT2D eigenvalue weighted by molar-refractivity contribution is 7.99. The van der Waals surface area contributed by atoms with Crippen LogP contribution in [0.5, 0.6) is 5.75 Å². The fourth-order valence-electron chi connectivity index (χ4n) is 10.7. The molecule has 0 radical (unpaired) electrons. The monoisotopic (exact) mass is 1070 g/mol. The number of carbonyl (C=O) groups excluding carboxylic acids is 3. The predicted molar refractivity (Wildman–Crippen MR) is 284 cm³/mol. The zero-order valence-electron chi connectivity index (χ0n) is 42.8. The number of nitrogens with two attached hydrogens (primary N) is 1. The summed E-state index contributed by atoms with van der Waals surface area (Å²) in [6, 6.07) is 8.69. The molecular formula is C53H68ClN11O7S2. The molecule has 3 atom stereocenters. The molecule has 18 nitrogen and oxygen atoms in total. The van der Waals surface area contributed by atoms with E-state index in [0.717, 1.165) is 52.5 Å². The van der Waals surface area contributed by atoms with Gasteiger partial charge in [-0.15, -0.1) is 11.3 Å². The lowest BCUT2D eigenvalue weighted by Crippen LogP contribution is -2.48. The largest absolute Gasteiger partial charge is 0.490 e. The Kier molecular flexibility index (Phi) is 16.8. The zero-order valence-corrected chi connectivity index (χ0v) is 45.2. The highest BCUT2D eigenvalue weighted by Gasteiger charge is 2.43. The minimum absolute atomic E-state index is 0.0443. The second-order valence-corrected chi connectivity index (χ2v) is 23.2. The van der Waals surface area contributed by atoms with Crippen molar-refractivity contribution in [3.05, 3.63) is 81.7 Å². The lowest BCUT2D eigenvalue weighted by Gasteiger charge is -2.39. The van der Waals surface area contributed by atoms with Crippen LogP contribution in [0.1, 0.15) is 100 Å². The molecule has 0 aliphatic carbocycles. The molecule has 0 bridgehead atoms. The summed E-state index contributed by atoms with van der Waals surface area (Å²) in [5.41, 5.74) is 11.8. The Balaban J connectivity index is 0.794. The summed E-state index contributed by atoms with van der Waals surface area (Å²) in [4.78, 5) is 70.2. The quantitative estimate of drug-likeness (QED) is 0.0800. The maximum Gasteiger partial charge on any atom is 0.243 e. The molecular weight excluding hydrogens is 1000 g/mol. The smallest absolute Gasteiger partial charge is 0.243 e. The number of pyridine rings is 1. The number of benzene rings is 1. The van der Waals surface area contributed by atoms with Crippen LogP contribution in [0.25, 0.3) is 10.4 Å². The average molecular weight is 1070 g/mol. The van der Waals surface area contributed by atoms with Crippen molar-refractivity contribution in [1.29, 1.82) is 0 Å². The number of anilines is 2. The van der Waals surface area contributed by atoms with Crippen molar-refractivity contribution in [3.8, 4) is 16.2 Å². The van der Waals surface area contributed by atoms with E-state index in [1.807, 2.05) is 55.4 Å². The third-order valence-electron chi connectivity index (χ3n) is 15.2. The van der Waals surface area contributed by atoms with Crippen molar-refractivity contribution in [3.63, 3.8) is 0 Å². The molecule has 4 aromatic heterocycles. The van der Waals surface area contributed by atoms with Gasteiger partial charge in [0.2, 0.25) is 17.7 Å². The van der Waals surface area contributed by atoms with E-state index in [9.17, 15) is 24.6 Å². The number of hydrogen-bond donors (Lipinski definition) is 4. The minimum atomic E-state index is -0.864. The Morgan fingerprint density at radius 3 is 2.41 bits per heavy atom. The molecule has 4 aliphatic heterocycles. The van der Waals surface area contributed by atoms with E-state index < -0.39 is 18.1 Å². The first-order valence-corrected chi connectivity index (χ1v) is 27.9. The second kappa shape index (κ2) is 23.2. The number of amides is 3. The normalized spacial score (nSPS) is 20.1. The number of nitrogens with one attached hydrogen (secondary N) is 1. The summed E-state index contributed by atoms with van der Waals surface area (Å²) < 4.78 is 12.3. The molecule has 5 aromatic rings. The summed E-state index contributed by atoms with van der Waals surface area (Å²) in [5, 5.41) is 29.2. The van der Waals surface area contributed by atoms with Crippen molar-refractivity contribution in [2.75, 3.05) is 62.2 Å². The van der Waals surface area contributed by atoms with Gasteiger partial charge >= 0.3 is 0 Å². The zero-order chi connectivity index (χ0) is 52.3. The Morgan fingerprint density at radius 1 is 1.00 bits per heavy atom. The molecule has 1 aromatic carbocycles. The molecule has 4 aliphatic rings. The van der Waals surface area contributed by atoms with Crippen LogP contribution in [0.15, 0.2) is 62.7 Å². The highest BCUT2D eigenvalue weighted by atomic mass is 35.5. The number of carbonyl (C=O) groups is 3. The van der Waals surface area contributed by atoms with Crippen LogP contribution in [0, 0.1) is 31.1 Å². The van der Waals surface area contributed by atoms with E-state index in [4.69, 9.17) is 36.6 Å². The van der Waals surface area contributed by atoms with E-state index >= 15 is 0 Å². The summed E-state index contributed by atoms with van der Waals surface area (Å²) in [6.45, 7) is 14.4. The Morgan fingerprint density at radius 2 is 1.74 bits per heavy atom. The summed E-state index contributed by atoms with van der Waals surface area (Å²) >= 11 is 9.98. The van der Waals surface area contributed by atoms with E-state index in [2.05, 4.69) is 37.2 Å². The molecule has 4 saturated heterocycles. The summed E-state index contributed by atoms with van der Waals surface area (Å²) in [6.07, 6.45) is 7.11. The van der Waals surface area contributed by atoms with E-state index in [1.54, 1.807) is 36.7 Å². The van der Waals surface area contributed by atoms with Gasteiger partial charge in [-0.25, -0.2) is 19.9 Å². The van der Waals surface area contributed by atoms with E-state index in [1.165, 1.54) is 16.7 Å². The first-order valence-electron chi connectivity index (χ1n) is 25.8. The molecule has 4 fully saturated rings. The molecule has 21 heteroatoms. The van der Waals surface area contributed by atoms with Crippen molar-refractivity contribution >= 4 is 64.1 Å². The molecule has 0 spiro atoms. The van der Waals surface area contributed by atoms with Crippen LogP contribution in [0.3, 0.4) is 0 Å². The van der Waals surface area contributed by atoms with Crippen LogP contribution >= 0.6 is 34.7 Å². The average Bonchev–Trinajstić information content (AvgIpc) is 4.15. The van der Waals surface area contributed by atoms with Gasteiger partial charge in [-0.1, -0.05) is 61.4 Å². The number of halogens is 1. The van der Waals surface area contributed by atoms with Crippen molar-refractivity contribution in [1.82, 2.24) is 40.2 Å². The number of thiazole rings is 1. The summed E-state index contributed by atoms with van der Waals surface area (Å²) in [7, 11) is 0. The predicted octanol–water partition coefficient (Wildman–Crippen LogP) is 6.77. The summed E-state index contributed by atoms with van der Waals surface area (Å²) in [5.74, 6) is 1.03. The molecule has 74 heavy (non-hydrogen) atoms. The number of aromatic nitrogens is 5. The molecule has 0 saturated carbocycles. The third kappa shape index (κ3) is 11.8. The fraction of sp³-hybridized carbons (Fsp3) is 0.547. The topological polar surface area (TPSA) is 229 Å². The van der Waals surface area contributed by atoms with E-state index in [-0.39, 0.29) is 67.2 Å². The SMILES string of the molecule is Cc1cc(C(C(=O)N2C[C@H](O)C[C@H]2C(=O)NCc2ccc(-c3scnc3C)cc2OC2CCN(C(=O)C3CCN(c4nccc(Sc5cnc(N6CCC(C)(CN)CC6)c(CO)n5)c4Cl)CC3)CC2)C(C)C)on1. The lowest BCUT2D eigenvalue weighted by molar-refractivity contribution is -0.141. The van der Waals surface area contributed by atoms with Gasteiger partial charge in [-0.3, -0.25) is 14.4 Å². The number of aliphatic hydroxyl groups is 2. The Bertz CT molecular complexity index is 2790. The van der Waals surface area contributed by atoms with Gasteiger partial charge in [-0.05, 0) is 75.1 Å². The lowest BCUT2D eigenvalue weighted by atomic mass is 9.80. The van der Waals surface area contributed by atoms with Crippen LogP contribution in [-0.4, -0.2) is 133 Å². The number of ether oxygens (including phenoxy) is 1. The van der Waals surface area contributed by atoms with Crippen LogP contribution in [0.4, 0.5) is 11.6 Å². The Hall–Kier alpha value is -5.38. The molecule has 3 amide bonds. The van der Waals surface area contributed by atoms with Crippen molar-refractivity contribution < 1.29 is 33.9 Å². The first-order chi connectivity index (χ1) is 35.6. The van der Waals surface area contributed by atoms with Gasteiger partial charge in [0.15, 0.2) is 5.82 Å². The maximum absolute atomic E-state index is 14.0. The van der Waals surface area contributed by atoms with Gasteiger partial charge in [0.25, 0.3) is 0 Å². The number of aryl methyl sites for hydroxylation is 2. The van der Waals surface area contributed by atoms with Gasteiger partial charge in [0.1, 0.15) is 46.1 Å². The number of likely N-dealkylation sites (tertiary alicyclic amines) is 2. The third-order valence-corrected chi connectivity index (χ3v) is 17.7. The van der Waals surface area contributed by atoms with Crippen LogP contribution in [-0.2, 0) is 27.5 Å². The molecule has 5 N–H and O–H groups in total. The second-order valence-electron chi connectivity index (χ2n) is 20.9. The number of rotatable bonds is 16. The number of β-amino-alcohol motifs (C(OH)–C–C–N with tert-alkyl or cyclic N) is 1. The van der Waals surface area contributed by atoms with Gasteiger partial charge < -0.3 is 50.1 Å². The molecule has 1 unspecified atom stereocenters. The van der Waals surface area contributed by atoms with Crippen molar-refractivity contribution in [2.24, 2.45) is 23.0 Å². The first kappa shape index (κ1) is 53.4. The number of aliphatic hydroxyl groups excluding tert-OH is 2. The number of nitrogens with zero attached hydrogens (tertiary/aromatic N) is 9. The molecule has 9 rings (SSSR count). The fourth-order valence-corrected chi connectivity index (χ4v) is 12.6. The molecule has 8 heterocycles. The van der Waals surface area contributed by atoms with Crippen LogP contribution in [0.2, 0.25) is 5.02 Å². The molecule has 396 valence electrons. The minimum Gasteiger partial charge on any atom is -0.490 e. The Labute approximate surface area is 445 Å². The number of piperidine rings is 3. The van der Waals surface area contributed by atoms with Gasteiger partial charge in [-0.2, -0.15) is 0 Å². The number of hydrogen-bond acceptors (Lipinski definition) is 17. The standard InChI is InChI=1S/C53H68ClN11O7S2/c1-31(2)45(42-22-32(3)61-72-42)52(70)65-27-37(67)24-40(65)50(68)58-25-36-7-6-35(47-33(4)59-30-73-47)23-41(36)71-38-11-18-64(19-12-38)51(69)34-9-16-62(17-10-34)49-46(54)43(8-15-56-49)74-44-26-57-48(39(28-66)60-44)63-20-13-53(5,29-55)14-21-63/h6-8,15,22-23,26,30-31,34,37-38,40,45,66-67H,9-14,16-21,24-25,27-29,55H2,1-5H3,(H,58,68)/t37-,40+,45?/m1/s1.